The van der Waals surface area contributed by atoms with E-state index in [0.29, 0.717) is 29.4 Å². The number of benzene rings is 1. The molecule has 1 aromatic carbocycles. The van der Waals surface area contributed by atoms with Crippen LogP contribution >= 0.6 is 0 Å². The Balaban J connectivity index is 1.56. The Hall–Kier alpha value is -2.30. The van der Waals surface area contributed by atoms with E-state index in [9.17, 15) is 4.39 Å². The first-order valence-corrected chi connectivity index (χ1v) is 8.02. The highest BCUT2D eigenvalue weighted by Crippen LogP contribution is 2.21. The highest BCUT2D eigenvalue weighted by Gasteiger charge is 2.25. The summed E-state index contributed by atoms with van der Waals surface area (Å²) in [6.07, 6.45) is 0. The van der Waals surface area contributed by atoms with E-state index in [1.807, 2.05) is 13.0 Å². The van der Waals surface area contributed by atoms with Crippen LogP contribution in [-0.4, -0.2) is 46.1 Å². The maximum atomic E-state index is 14.0. The van der Waals surface area contributed by atoms with Gasteiger partial charge < -0.3 is 4.52 Å². The van der Waals surface area contributed by atoms with Crippen LogP contribution in [0.2, 0.25) is 0 Å². The first kappa shape index (κ1) is 16.6. The standard InChI is InChI=1S/C17H20FN5O/c1-12(17-20-13(2)21-24-17)23-7-5-22(6-8-23)11-15-4-3-14(10-19)9-16(15)18/h3-4,9,12H,5-8,11H2,1-2H3/t12-/m0/s1. The number of hydrogen-bond donors (Lipinski definition) is 0. The molecule has 1 aliphatic heterocycles. The number of rotatable bonds is 4. The summed E-state index contributed by atoms with van der Waals surface area (Å²) >= 11 is 0. The van der Waals surface area contributed by atoms with Crippen molar-refractivity contribution in [3.05, 3.63) is 46.9 Å². The zero-order valence-electron chi connectivity index (χ0n) is 13.9. The fraction of sp³-hybridized carbons (Fsp3) is 0.471. The van der Waals surface area contributed by atoms with Crippen LogP contribution in [0.5, 0.6) is 0 Å². The summed E-state index contributed by atoms with van der Waals surface area (Å²) in [5.41, 5.74) is 0.979. The van der Waals surface area contributed by atoms with E-state index in [4.69, 9.17) is 9.78 Å². The zero-order valence-corrected chi connectivity index (χ0v) is 13.9. The summed E-state index contributed by atoms with van der Waals surface area (Å²) in [5.74, 6) is 0.969. The minimum Gasteiger partial charge on any atom is -0.338 e. The molecule has 0 N–H and O–H groups in total. The van der Waals surface area contributed by atoms with Gasteiger partial charge in [-0.2, -0.15) is 10.2 Å². The Morgan fingerprint density at radius 1 is 1.33 bits per heavy atom. The zero-order chi connectivity index (χ0) is 17.1. The lowest BCUT2D eigenvalue weighted by atomic mass is 10.1. The van der Waals surface area contributed by atoms with Gasteiger partial charge in [0.2, 0.25) is 5.89 Å². The lowest BCUT2D eigenvalue weighted by Crippen LogP contribution is -2.46. The van der Waals surface area contributed by atoms with Crippen LogP contribution in [0.4, 0.5) is 4.39 Å². The Labute approximate surface area is 140 Å². The molecular weight excluding hydrogens is 309 g/mol. The molecule has 126 valence electrons. The molecule has 0 spiro atoms. The molecule has 1 aliphatic rings. The van der Waals surface area contributed by atoms with Crippen molar-refractivity contribution in [1.82, 2.24) is 19.9 Å². The second-order valence-electron chi connectivity index (χ2n) is 6.09. The van der Waals surface area contributed by atoms with Crippen molar-refractivity contribution < 1.29 is 8.91 Å². The van der Waals surface area contributed by atoms with E-state index in [2.05, 4.69) is 26.9 Å². The molecule has 24 heavy (non-hydrogen) atoms. The predicted molar refractivity (Wildman–Crippen MR) is 85.4 cm³/mol. The quantitative estimate of drug-likeness (QED) is 0.857. The van der Waals surface area contributed by atoms with Crippen LogP contribution < -0.4 is 0 Å². The number of aromatic nitrogens is 2. The third kappa shape index (κ3) is 3.61. The van der Waals surface area contributed by atoms with Crippen molar-refractivity contribution in [2.75, 3.05) is 26.2 Å². The van der Waals surface area contributed by atoms with E-state index in [-0.39, 0.29) is 11.9 Å². The number of nitrogens with zero attached hydrogens (tertiary/aromatic N) is 5. The SMILES string of the molecule is Cc1noc([C@H](C)N2CCN(Cc3ccc(C#N)cc3F)CC2)n1. The predicted octanol–water partition coefficient (Wildman–Crippen LogP) is 2.27. The number of aryl methyl sites for hydroxylation is 1. The van der Waals surface area contributed by atoms with Crippen LogP contribution in [0, 0.1) is 24.1 Å². The second kappa shape index (κ2) is 7.07. The first-order chi connectivity index (χ1) is 11.6. The third-order valence-electron chi connectivity index (χ3n) is 4.43. The molecule has 1 atom stereocenters. The maximum Gasteiger partial charge on any atom is 0.243 e. The normalized spacial score (nSPS) is 17.6. The molecule has 1 aromatic heterocycles. The Morgan fingerprint density at radius 2 is 2.08 bits per heavy atom. The van der Waals surface area contributed by atoms with Gasteiger partial charge in [-0.1, -0.05) is 11.2 Å². The van der Waals surface area contributed by atoms with E-state index in [0.717, 1.165) is 26.2 Å². The summed E-state index contributed by atoms with van der Waals surface area (Å²) in [5, 5.41) is 12.6. The molecule has 2 heterocycles. The molecule has 0 saturated carbocycles. The Bertz CT molecular complexity index is 746. The summed E-state index contributed by atoms with van der Waals surface area (Å²) in [6, 6.07) is 6.69. The molecule has 2 aromatic rings. The van der Waals surface area contributed by atoms with Crippen LogP contribution in [0.3, 0.4) is 0 Å². The average Bonchev–Trinajstić information content (AvgIpc) is 3.03. The first-order valence-electron chi connectivity index (χ1n) is 8.02. The van der Waals surface area contributed by atoms with Gasteiger partial charge in [-0.05, 0) is 26.0 Å². The minimum absolute atomic E-state index is 0.0833. The van der Waals surface area contributed by atoms with Gasteiger partial charge in [0.15, 0.2) is 5.82 Å². The van der Waals surface area contributed by atoms with Crippen LogP contribution in [0.15, 0.2) is 22.7 Å². The van der Waals surface area contributed by atoms with Crippen LogP contribution in [0.1, 0.15) is 35.8 Å². The minimum atomic E-state index is -0.314. The second-order valence-corrected chi connectivity index (χ2v) is 6.09. The van der Waals surface area contributed by atoms with Gasteiger partial charge in [0.25, 0.3) is 0 Å². The van der Waals surface area contributed by atoms with E-state index >= 15 is 0 Å². The summed E-state index contributed by atoms with van der Waals surface area (Å²) < 4.78 is 19.3. The topological polar surface area (TPSA) is 69.2 Å². The van der Waals surface area contributed by atoms with Gasteiger partial charge in [-0.25, -0.2) is 4.39 Å². The van der Waals surface area contributed by atoms with E-state index in [1.165, 1.54) is 6.07 Å². The van der Waals surface area contributed by atoms with E-state index < -0.39 is 0 Å². The summed E-state index contributed by atoms with van der Waals surface area (Å²) in [4.78, 5) is 8.80. The molecule has 0 unspecified atom stereocenters. The van der Waals surface area contributed by atoms with Gasteiger partial charge in [0, 0.05) is 38.3 Å². The number of halogens is 1. The van der Waals surface area contributed by atoms with Gasteiger partial charge in [-0.15, -0.1) is 0 Å². The van der Waals surface area contributed by atoms with E-state index in [1.54, 1.807) is 12.1 Å². The molecule has 0 bridgehead atoms. The number of nitriles is 1. The lowest BCUT2D eigenvalue weighted by molar-refractivity contribution is 0.0839. The number of hydrogen-bond acceptors (Lipinski definition) is 6. The van der Waals surface area contributed by atoms with Crippen molar-refractivity contribution in [3.63, 3.8) is 0 Å². The smallest absolute Gasteiger partial charge is 0.243 e. The van der Waals surface area contributed by atoms with Crippen LogP contribution in [0.25, 0.3) is 0 Å². The lowest BCUT2D eigenvalue weighted by Gasteiger charge is -2.36. The van der Waals surface area contributed by atoms with Gasteiger partial charge in [-0.3, -0.25) is 9.80 Å². The van der Waals surface area contributed by atoms with Gasteiger partial charge in [0.05, 0.1) is 17.7 Å². The van der Waals surface area contributed by atoms with Crippen molar-refractivity contribution in [2.24, 2.45) is 0 Å². The summed E-state index contributed by atoms with van der Waals surface area (Å²) in [7, 11) is 0. The molecule has 0 amide bonds. The molecule has 3 rings (SSSR count). The van der Waals surface area contributed by atoms with Crippen molar-refractivity contribution >= 4 is 0 Å². The molecule has 6 nitrogen and oxygen atoms in total. The van der Waals surface area contributed by atoms with Crippen molar-refractivity contribution in [1.29, 1.82) is 5.26 Å². The molecule has 1 saturated heterocycles. The third-order valence-corrected chi connectivity index (χ3v) is 4.43. The van der Waals surface area contributed by atoms with Crippen LogP contribution in [-0.2, 0) is 6.54 Å². The monoisotopic (exact) mass is 329 g/mol. The Kier molecular flexibility index (Phi) is 4.88. The Morgan fingerprint density at radius 3 is 2.67 bits per heavy atom. The van der Waals surface area contributed by atoms with Gasteiger partial charge >= 0.3 is 0 Å². The molecule has 0 aliphatic carbocycles. The maximum absolute atomic E-state index is 14.0. The average molecular weight is 329 g/mol. The highest BCUT2D eigenvalue weighted by molar-refractivity contribution is 5.32. The van der Waals surface area contributed by atoms with Crippen molar-refractivity contribution in [3.8, 4) is 6.07 Å². The largest absolute Gasteiger partial charge is 0.338 e. The fourth-order valence-corrected chi connectivity index (χ4v) is 2.93. The summed E-state index contributed by atoms with van der Waals surface area (Å²) in [6.45, 7) is 7.83. The molecule has 0 radical (unpaired) electrons. The fourth-order valence-electron chi connectivity index (χ4n) is 2.93. The molecule has 7 heteroatoms. The van der Waals surface area contributed by atoms with Crippen molar-refractivity contribution in [2.45, 2.75) is 26.4 Å². The van der Waals surface area contributed by atoms with Gasteiger partial charge in [0.1, 0.15) is 5.82 Å². The molecular formula is C17H20FN5O. The highest BCUT2D eigenvalue weighted by atomic mass is 19.1. The molecule has 1 fully saturated rings. The number of piperazine rings is 1.